The van der Waals surface area contributed by atoms with Crippen LogP contribution in [0.3, 0.4) is 0 Å². The third-order valence-electron chi connectivity index (χ3n) is 3.48. The number of fused-ring (bicyclic) bond motifs is 1. The molecular formula is C13H15ClO2. The topological polar surface area (TPSA) is 18.5 Å². The standard InChI is InChI=1S/C13H15ClO2/c1-9-10-5-4-6-11(14)12(10)16-13(15-9)7-2-3-8-13/h4-6,9H,2-3,7-8H2,1H3/t9-/m0/s1. The van der Waals surface area contributed by atoms with Crippen LogP contribution in [-0.2, 0) is 4.74 Å². The number of para-hydroxylation sites is 1. The quantitative estimate of drug-likeness (QED) is 0.678. The molecule has 1 aliphatic heterocycles. The van der Waals surface area contributed by atoms with E-state index in [-0.39, 0.29) is 6.10 Å². The molecule has 0 saturated heterocycles. The maximum absolute atomic E-state index is 6.19. The van der Waals surface area contributed by atoms with Crippen LogP contribution in [0.15, 0.2) is 18.2 Å². The lowest BCUT2D eigenvalue weighted by Gasteiger charge is -2.39. The Morgan fingerprint density at radius 1 is 1.31 bits per heavy atom. The van der Waals surface area contributed by atoms with Crippen LogP contribution < -0.4 is 4.74 Å². The van der Waals surface area contributed by atoms with Gasteiger partial charge in [-0.2, -0.15) is 0 Å². The van der Waals surface area contributed by atoms with Gasteiger partial charge in [-0.05, 0) is 25.8 Å². The van der Waals surface area contributed by atoms with Gasteiger partial charge >= 0.3 is 0 Å². The molecule has 0 amide bonds. The summed E-state index contributed by atoms with van der Waals surface area (Å²) < 4.78 is 12.1. The van der Waals surface area contributed by atoms with Crippen molar-refractivity contribution < 1.29 is 9.47 Å². The Labute approximate surface area is 101 Å². The van der Waals surface area contributed by atoms with Crippen molar-refractivity contribution in [1.82, 2.24) is 0 Å². The first-order valence-corrected chi connectivity index (χ1v) is 6.23. The summed E-state index contributed by atoms with van der Waals surface area (Å²) >= 11 is 6.19. The SMILES string of the molecule is C[C@@H]1OC2(CCCC2)Oc2c(Cl)cccc21. The Hall–Kier alpha value is -0.730. The van der Waals surface area contributed by atoms with Crippen LogP contribution in [-0.4, -0.2) is 5.79 Å². The number of benzene rings is 1. The summed E-state index contributed by atoms with van der Waals surface area (Å²) in [5.74, 6) is 0.419. The van der Waals surface area contributed by atoms with Gasteiger partial charge in [0.05, 0.1) is 11.1 Å². The van der Waals surface area contributed by atoms with Crippen molar-refractivity contribution >= 4 is 11.6 Å². The summed E-state index contributed by atoms with van der Waals surface area (Å²) in [5, 5.41) is 0.693. The maximum Gasteiger partial charge on any atom is 0.211 e. The molecule has 1 aromatic rings. The smallest absolute Gasteiger partial charge is 0.211 e. The Kier molecular flexibility index (Phi) is 2.37. The second-order valence-electron chi connectivity index (χ2n) is 4.64. The fourth-order valence-electron chi connectivity index (χ4n) is 2.68. The molecule has 3 heteroatoms. The second kappa shape index (κ2) is 3.64. The fourth-order valence-corrected chi connectivity index (χ4v) is 2.90. The molecule has 16 heavy (non-hydrogen) atoms. The molecule has 1 atom stereocenters. The summed E-state index contributed by atoms with van der Waals surface area (Å²) in [6.45, 7) is 2.07. The molecule has 2 nitrogen and oxygen atoms in total. The Morgan fingerprint density at radius 2 is 2.06 bits per heavy atom. The van der Waals surface area contributed by atoms with E-state index < -0.39 is 5.79 Å². The highest BCUT2D eigenvalue weighted by atomic mass is 35.5. The first kappa shape index (κ1) is 10.4. The minimum atomic E-state index is -0.405. The van der Waals surface area contributed by atoms with E-state index >= 15 is 0 Å². The monoisotopic (exact) mass is 238 g/mol. The van der Waals surface area contributed by atoms with Crippen LogP contribution in [0.1, 0.15) is 44.3 Å². The van der Waals surface area contributed by atoms with Gasteiger partial charge in [0.15, 0.2) is 0 Å². The third-order valence-corrected chi connectivity index (χ3v) is 3.78. The molecule has 1 saturated carbocycles. The minimum Gasteiger partial charge on any atom is -0.460 e. The number of ether oxygens (including phenoxy) is 2. The van der Waals surface area contributed by atoms with E-state index in [1.54, 1.807) is 0 Å². The molecule has 0 radical (unpaired) electrons. The molecule has 3 rings (SSSR count). The van der Waals surface area contributed by atoms with E-state index in [0.29, 0.717) is 5.02 Å². The number of hydrogen-bond acceptors (Lipinski definition) is 2. The van der Waals surface area contributed by atoms with Crippen molar-refractivity contribution in [3.63, 3.8) is 0 Å². The summed E-state index contributed by atoms with van der Waals surface area (Å²) in [5.41, 5.74) is 1.06. The molecule has 1 fully saturated rings. The first-order valence-electron chi connectivity index (χ1n) is 5.85. The van der Waals surface area contributed by atoms with Crippen LogP contribution in [0.4, 0.5) is 0 Å². The average Bonchev–Trinajstić information content (AvgIpc) is 2.68. The predicted octanol–water partition coefficient (Wildman–Crippen LogP) is 4.08. The molecule has 1 spiro atoms. The van der Waals surface area contributed by atoms with Gasteiger partial charge < -0.3 is 9.47 Å². The van der Waals surface area contributed by atoms with E-state index in [2.05, 4.69) is 6.92 Å². The lowest BCUT2D eigenvalue weighted by Crippen LogP contribution is -2.40. The summed E-state index contributed by atoms with van der Waals surface area (Å²) in [6.07, 6.45) is 4.36. The summed E-state index contributed by atoms with van der Waals surface area (Å²) in [7, 11) is 0. The maximum atomic E-state index is 6.19. The minimum absolute atomic E-state index is 0.0700. The van der Waals surface area contributed by atoms with Gasteiger partial charge in [-0.1, -0.05) is 23.7 Å². The van der Waals surface area contributed by atoms with Crippen LogP contribution >= 0.6 is 11.6 Å². The zero-order valence-electron chi connectivity index (χ0n) is 9.33. The summed E-state index contributed by atoms with van der Waals surface area (Å²) in [4.78, 5) is 0. The highest BCUT2D eigenvalue weighted by Crippen LogP contribution is 2.47. The zero-order valence-corrected chi connectivity index (χ0v) is 10.1. The van der Waals surface area contributed by atoms with Crippen molar-refractivity contribution in [2.45, 2.75) is 44.5 Å². The van der Waals surface area contributed by atoms with Gasteiger partial charge in [0.1, 0.15) is 5.75 Å². The largest absolute Gasteiger partial charge is 0.460 e. The highest BCUT2D eigenvalue weighted by molar-refractivity contribution is 6.32. The molecular weight excluding hydrogens is 224 g/mol. The molecule has 0 N–H and O–H groups in total. The van der Waals surface area contributed by atoms with Gasteiger partial charge in [0.25, 0.3) is 0 Å². The Balaban J connectivity index is 2.04. The average molecular weight is 239 g/mol. The first-order chi connectivity index (χ1) is 7.70. The van der Waals surface area contributed by atoms with E-state index in [4.69, 9.17) is 21.1 Å². The molecule has 1 aliphatic carbocycles. The van der Waals surface area contributed by atoms with Gasteiger partial charge in [0, 0.05) is 18.4 Å². The van der Waals surface area contributed by atoms with Crippen molar-refractivity contribution in [3.8, 4) is 5.75 Å². The van der Waals surface area contributed by atoms with E-state index in [9.17, 15) is 0 Å². The number of hydrogen-bond donors (Lipinski definition) is 0. The number of rotatable bonds is 0. The Morgan fingerprint density at radius 3 is 2.81 bits per heavy atom. The lowest BCUT2D eigenvalue weighted by molar-refractivity contribution is -0.221. The van der Waals surface area contributed by atoms with E-state index in [1.165, 1.54) is 12.8 Å². The molecule has 1 heterocycles. The number of halogens is 1. The predicted molar refractivity (Wildman–Crippen MR) is 62.8 cm³/mol. The summed E-state index contributed by atoms with van der Waals surface area (Å²) in [6, 6.07) is 5.84. The van der Waals surface area contributed by atoms with Gasteiger partial charge in [0.2, 0.25) is 5.79 Å². The molecule has 0 unspecified atom stereocenters. The molecule has 0 aromatic heterocycles. The zero-order chi connectivity index (χ0) is 11.2. The highest BCUT2D eigenvalue weighted by Gasteiger charge is 2.43. The van der Waals surface area contributed by atoms with Gasteiger partial charge in [-0.15, -0.1) is 0 Å². The van der Waals surface area contributed by atoms with Crippen molar-refractivity contribution in [1.29, 1.82) is 0 Å². The lowest BCUT2D eigenvalue weighted by atomic mass is 10.1. The second-order valence-corrected chi connectivity index (χ2v) is 5.05. The fraction of sp³-hybridized carbons (Fsp3) is 0.538. The molecule has 1 aromatic carbocycles. The van der Waals surface area contributed by atoms with Crippen molar-refractivity contribution in [3.05, 3.63) is 28.8 Å². The van der Waals surface area contributed by atoms with Crippen LogP contribution in [0.2, 0.25) is 5.02 Å². The van der Waals surface area contributed by atoms with Gasteiger partial charge in [-0.25, -0.2) is 0 Å². The van der Waals surface area contributed by atoms with E-state index in [1.807, 2.05) is 18.2 Å². The van der Waals surface area contributed by atoms with Crippen molar-refractivity contribution in [2.75, 3.05) is 0 Å². The molecule has 86 valence electrons. The van der Waals surface area contributed by atoms with Gasteiger partial charge in [-0.3, -0.25) is 0 Å². The molecule has 2 aliphatic rings. The van der Waals surface area contributed by atoms with Crippen LogP contribution in [0, 0.1) is 0 Å². The van der Waals surface area contributed by atoms with Crippen molar-refractivity contribution in [2.24, 2.45) is 0 Å². The third kappa shape index (κ3) is 1.52. The van der Waals surface area contributed by atoms with Crippen LogP contribution in [0.25, 0.3) is 0 Å². The van der Waals surface area contributed by atoms with E-state index in [0.717, 1.165) is 24.2 Å². The normalized spacial score (nSPS) is 26.5. The Bertz CT molecular complexity index is 410. The van der Waals surface area contributed by atoms with Crippen LogP contribution in [0.5, 0.6) is 5.75 Å². The molecule has 0 bridgehead atoms.